The SMILES string of the molecule is O=C(O)C1=C(C(=O)N2Cc3ccccc3C2)S(=O)(=O)N=C1. The lowest BCUT2D eigenvalue weighted by Crippen LogP contribution is -2.30. The third kappa shape index (κ3) is 2.13. The van der Waals surface area contributed by atoms with Crippen LogP contribution in [0, 0.1) is 0 Å². The molecule has 2 aliphatic rings. The van der Waals surface area contributed by atoms with Gasteiger partial charge in [-0.25, -0.2) is 4.79 Å². The minimum Gasteiger partial charge on any atom is -0.478 e. The summed E-state index contributed by atoms with van der Waals surface area (Å²) >= 11 is 0. The van der Waals surface area contributed by atoms with Gasteiger partial charge in [-0.05, 0) is 11.1 Å². The molecule has 1 N–H and O–H groups in total. The van der Waals surface area contributed by atoms with Crippen LogP contribution < -0.4 is 0 Å². The van der Waals surface area contributed by atoms with Gasteiger partial charge in [0.2, 0.25) is 0 Å². The van der Waals surface area contributed by atoms with Crippen molar-refractivity contribution in [1.29, 1.82) is 0 Å². The van der Waals surface area contributed by atoms with Crippen LogP contribution >= 0.6 is 0 Å². The van der Waals surface area contributed by atoms with E-state index in [0.717, 1.165) is 11.1 Å². The van der Waals surface area contributed by atoms with Crippen molar-refractivity contribution < 1.29 is 23.1 Å². The number of aliphatic carboxylic acids is 1. The number of hydrogen-bond donors (Lipinski definition) is 1. The van der Waals surface area contributed by atoms with Crippen LogP contribution in [0.15, 0.2) is 39.1 Å². The molecule has 21 heavy (non-hydrogen) atoms. The first kappa shape index (κ1) is 13.5. The van der Waals surface area contributed by atoms with E-state index in [1.165, 1.54) is 4.90 Å². The number of carboxylic acids is 1. The van der Waals surface area contributed by atoms with Crippen molar-refractivity contribution in [2.45, 2.75) is 13.1 Å². The predicted octanol–water partition coefficient (Wildman–Crippen LogP) is 0.282. The number of carboxylic acid groups (broad SMARTS) is 1. The van der Waals surface area contributed by atoms with Crippen LogP contribution in [-0.4, -0.2) is 36.5 Å². The standard InChI is InChI=1S/C13H10N2O5S/c16-12(11-10(13(17)18)5-14-21(11,19)20)15-6-8-3-1-2-4-9(8)7-15/h1-5H,6-7H2,(H,17,18). The molecule has 0 atom stereocenters. The molecule has 108 valence electrons. The topological polar surface area (TPSA) is 104 Å². The Balaban J connectivity index is 1.97. The number of hydrogen-bond acceptors (Lipinski definition) is 4. The summed E-state index contributed by atoms with van der Waals surface area (Å²) in [6, 6.07) is 7.33. The Morgan fingerprint density at radius 2 is 1.71 bits per heavy atom. The lowest BCUT2D eigenvalue weighted by molar-refractivity contribution is -0.133. The third-order valence-electron chi connectivity index (χ3n) is 3.38. The number of amides is 1. The van der Waals surface area contributed by atoms with Crippen molar-refractivity contribution in [2.75, 3.05) is 0 Å². The highest BCUT2D eigenvalue weighted by atomic mass is 32.2. The molecule has 0 aromatic heterocycles. The van der Waals surface area contributed by atoms with Crippen LogP contribution in [0.2, 0.25) is 0 Å². The average Bonchev–Trinajstić information content (AvgIpc) is 2.98. The van der Waals surface area contributed by atoms with Gasteiger partial charge in [0.1, 0.15) is 5.57 Å². The molecule has 3 rings (SSSR count). The predicted molar refractivity (Wildman–Crippen MR) is 72.8 cm³/mol. The fourth-order valence-electron chi connectivity index (χ4n) is 2.37. The molecule has 8 heteroatoms. The molecule has 0 fully saturated rings. The minimum atomic E-state index is -4.23. The number of fused-ring (bicyclic) bond motifs is 1. The van der Waals surface area contributed by atoms with Crippen molar-refractivity contribution in [3.8, 4) is 0 Å². The van der Waals surface area contributed by atoms with Gasteiger partial charge in [-0.1, -0.05) is 24.3 Å². The van der Waals surface area contributed by atoms with Gasteiger partial charge in [0.25, 0.3) is 15.9 Å². The molecule has 1 amide bonds. The van der Waals surface area contributed by atoms with Crippen LogP contribution in [0.4, 0.5) is 0 Å². The number of benzene rings is 1. The molecular formula is C13H10N2O5S. The van der Waals surface area contributed by atoms with Crippen molar-refractivity contribution in [3.05, 3.63) is 45.9 Å². The van der Waals surface area contributed by atoms with Gasteiger partial charge in [-0.2, -0.15) is 12.8 Å². The second-order valence-electron chi connectivity index (χ2n) is 4.69. The van der Waals surface area contributed by atoms with Gasteiger partial charge in [-0.3, -0.25) is 4.79 Å². The van der Waals surface area contributed by atoms with E-state index in [-0.39, 0.29) is 13.1 Å². The Kier molecular flexibility index (Phi) is 2.91. The number of carbonyl (C=O) groups is 2. The number of sulfonamides is 1. The highest BCUT2D eigenvalue weighted by Gasteiger charge is 2.39. The third-order valence-corrected chi connectivity index (χ3v) is 4.67. The Hall–Kier alpha value is -2.48. The average molecular weight is 306 g/mol. The Bertz CT molecular complexity index is 798. The maximum Gasteiger partial charge on any atom is 0.338 e. The van der Waals surface area contributed by atoms with E-state index in [4.69, 9.17) is 5.11 Å². The zero-order valence-electron chi connectivity index (χ0n) is 10.7. The van der Waals surface area contributed by atoms with E-state index < -0.39 is 32.4 Å². The maximum atomic E-state index is 12.4. The van der Waals surface area contributed by atoms with Crippen molar-refractivity contribution in [1.82, 2.24) is 4.90 Å². The summed E-state index contributed by atoms with van der Waals surface area (Å²) in [5, 5.41) is 9.00. The van der Waals surface area contributed by atoms with E-state index in [1.54, 1.807) is 0 Å². The summed E-state index contributed by atoms with van der Waals surface area (Å²) in [5.74, 6) is -2.32. The number of carbonyl (C=O) groups excluding carboxylic acids is 1. The minimum absolute atomic E-state index is 0.251. The number of rotatable bonds is 2. The summed E-state index contributed by atoms with van der Waals surface area (Å²) in [5.41, 5.74) is 1.25. The summed E-state index contributed by atoms with van der Waals surface area (Å²) in [6.07, 6.45) is 0.702. The fourth-order valence-corrected chi connectivity index (χ4v) is 3.49. The Morgan fingerprint density at radius 3 is 2.24 bits per heavy atom. The lowest BCUT2D eigenvalue weighted by atomic mass is 10.1. The molecule has 0 saturated heterocycles. The van der Waals surface area contributed by atoms with Crippen LogP contribution in [0.3, 0.4) is 0 Å². The first-order chi connectivity index (χ1) is 9.90. The molecule has 2 heterocycles. The number of nitrogens with zero attached hydrogens (tertiary/aromatic N) is 2. The second kappa shape index (κ2) is 4.52. The normalized spacial score (nSPS) is 19.0. The highest BCUT2D eigenvalue weighted by molar-refractivity contribution is 7.95. The fraction of sp³-hybridized carbons (Fsp3) is 0.154. The molecule has 0 unspecified atom stereocenters. The summed E-state index contributed by atoms with van der Waals surface area (Å²) < 4.78 is 26.7. The van der Waals surface area contributed by atoms with Crippen LogP contribution in [0.25, 0.3) is 0 Å². The van der Waals surface area contributed by atoms with E-state index in [1.807, 2.05) is 24.3 Å². The van der Waals surface area contributed by atoms with Crippen molar-refractivity contribution in [3.63, 3.8) is 0 Å². The van der Waals surface area contributed by atoms with Gasteiger partial charge >= 0.3 is 5.97 Å². The van der Waals surface area contributed by atoms with Gasteiger partial charge < -0.3 is 10.0 Å². The monoisotopic (exact) mass is 306 g/mol. The lowest BCUT2D eigenvalue weighted by Gasteiger charge is -2.15. The van der Waals surface area contributed by atoms with Gasteiger partial charge in [-0.15, -0.1) is 0 Å². The summed E-state index contributed by atoms with van der Waals surface area (Å²) in [7, 11) is -4.23. The van der Waals surface area contributed by atoms with Crippen LogP contribution in [0.5, 0.6) is 0 Å². The summed E-state index contributed by atoms with van der Waals surface area (Å²) in [6.45, 7) is 0.502. The molecule has 1 aromatic carbocycles. The van der Waals surface area contributed by atoms with E-state index in [9.17, 15) is 18.0 Å². The first-order valence-corrected chi connectivity index (χ1v) is 7.48. The van der Waals surface area contributed by atoms with Crippen molar-refractivity contribution in [2.24, 2.45) is 4.40 Å². The Morgan fingerprint density at radius 1 is 1.14 bits per heavy atom. The zero-order valence-corrected chi connectivity index (χ0v) is 11.5. The largest absolute Gasteiger partial charge is 0.478 e. The van der Waals surface area contributed by atoms with Gasteiger partial charge in [0.15, 0.2) is 4.91 Å². The quantitative estimate of drug-likeness (QED) is 0.845. The molecule has 0 bridgehead atoms. The van der Waals surface area contributed by atoms with Crippen LogP contribution in [-0.2, 0) is 32.7 Å². The molecule has 0 spiro atoms. The second-order valence-corrected chi connectivity index (χ2v) is 6.26. The van der Waals surface area contributed by atoms with E-state index >= 15 is 0 Å². The first-order valence-electron chi connectivity index (χ1n) is 6.04. The Labute approximate surface area is 120 Å². The zero-order chi connectivity index (χ0) is 15.2. The maximum absolute atomic E-state index is 12.4. The molecule has 7 nitrogen and oxygen atoms in total. The van der Waals surface area contributed by atoms with E-state index in [0.29, 0.717) is 6.21 Å². The molecular weight excluding hydrogens is 296 g/mol. The molecule has 0 saturated carbocycles. The molecule has 2 aliphatic heterocycles. The van der Waals surface area contributed by atoms with Gasteiger partial charge in [0, 0.05) is 13.1 Å². The van der Waals surface area contributed by atoms with Gasteiger partial charge in [0.05, 0.1) is 6.21 Å². The molecule has 0 radical (unpaired) electrons. The molecule has 0 aliphatic carbocycles. The smallest absolute Gasteiger partial charge is 0.338 e. The molecule has 1 aromatic rings. The van der Waals surface area contributed by atoms with E-state index in [2.05, 4.69) is 4.40 Å². The highest BCUT2D eigenvalue weighted by Crippen LogP contribution is 2.28. The summed E-state index contributed by atoms with van der Waals surface area (Å²) in [4.78, 5) is 24.0. The van der Waals surface area contributed by atoms with Crippen molar-refractivity contribution >= 4 is 28.1 Å². The van der Waals surface area contributed by atoms with Crippen LogP contribution in [0.1, 0.15) is 11.1 Å².